The van der Waals surface area contributed by atoms with Gasteiger partial charge >= 0.3 is 0 Å². The fourth-order valence-corrected chi connectivity index (χ4v) is 2.20. The minimum absolute atomic E-state index is 0.0573. The van der Waals surface area contributed by atoms with Gasteiger partial charge in [-0.3, -0.25) is 4.79 Å². The van der Waals surface area contributed by atoms with Crippen molar-refractivity contribution in [3.8, 4) is 16.9 Å². The molecule has 0 aliphatic carbocycles. The maximum absolute atomic E-state index is 14.2. The van der Waals surface area contributed by atoms with Crippen molar-refractivity contribution < 1.29 is 14.3 Å². The van der Waals surface area contributed by atoms with Gasteiger partial charge in [0.15, 0.2) is 11.6 Å². The van der Waals surface area contributed by atoms with Gasteiger partial charge in [-0.05, 0) is 24.3 Å². The first kappa shape index (κ1) is 16.3. The molecule has 0 saturated carbocycles. The zero-order valence-corrected chi connectivity index (χ0v) is 12.3. The minimum atomic E-state index is -0.998. The average Bonchev–Trinajstić information content (AvgIpc) is 2.48. The lowest BCUT2D eigenvalue weighted by Crippen LogP contribution is -2.24. The number of nitrogens with two attached hydrogens (primary N) is 2. The van der Waals surface area contributed by atoms with Crippen LogP contribution in [0.5, 0.6) is 5.75 Å². The van der Waals surface area contributed by atoms with Gasteiger partial charge in [0.2, 0.25) is 0 Å². The van der Waals surface area contributed by atoms with Crippen molar-refractivity contribution in [1.82, 2.24) is 0 Å². The van der Waals surface area contributed by atoms with E-state index in [0.717, 1.165) is 12.1 Å². The largest absolute Gasteiger partial charge is 0.507 e. The summed E-state index contributed by atoms with van der Waals surface area (Å²) in [5.74, 6) is -2.73. The maximum atomic E-state index is 14.2. The molecule has 0 unspecified atom stereocenters. The second-order valence-electron chi connectivity index (χ2n) is 4.43. The van der Waals surface area contributed by atoms with E-state index in [-0.39, 0.29) is 27.4 Å². The van der Waals surface area contributed by atoms with Crippen LogP contribution in [-0.2, 0) is 0 Å². The number of benzene rings is 2. The number of carbonyl (C=O) groups excluding carboxylic acids is 1. The molecule has 0 saturated heterocycles. The monoisotopic (exact) mass is 332 g/mol. The SMILES string of the molecule is [C-]#[N+]c1ccc(O)c(C(=O)N=C(N)N)c1-c1cc(Cl)ccc1F. The van der Waals surface area contributed by atoms with Crippen molar-refractivity contribution >= 4 is 29.2 Å². The molecule has 2 rings (SSSR count). The van der Waals surface area contributed by atoms with Gasteiger partial charge in [-0.2, -0.15) is 4.99 Å². The van der Waals surface area contributed by atoms with Crippen LogP contribution in [0.15, 0.2) is 35.3 Å². The number of amides is 1. The summed E-state index contributed by atoms with van der Waals surface area (Å²) in [5, 5.41) is 10.2. The van der Waals surface area contributed by atoms with Crippen molar-refractivity contribution in [2.24, 2.45) is 16.5 Å². The fourth-order valence-electron chi connectivity index (χ4n) is 2.03. The molecule has 0 atom stereocenters. The third-order valence-electron chi connectivity index (χ3n) is 2.92. The fraction of sp³-hybridized carbons (Fsp3) is 0. The van der Waals surface area contributed by atoms with Crippen LogP contribution in [0.4, 0.5) is 10.1 Å². The van der Waals surface area contributed by atoms with Crippen LogP contribution >= 0.6 is 11.6 Å². The Kier molecular flexibility index (Phi) is 4.48. The summed E-state index contributed by atoms with van der Waals surface area (Å²) in [6.45, 7) is 7.20. The van der Waals surface area contributed by atoms with Crippen LogP contribution in [0.1, 0.15) is 10.4 Å². The Labute approximate surface area is 135 Å². The van der Waals surface area contributed by atoms with E-state index < -0.39 is 23.4 Å². The van der Waals surface area contributed by atoms with Crippen LogP contribution in [0.2, 0.25) is 5.02 Å². The quantitative estimate of drug-likeness (QED) is 0.446. The highest BCUT2D eigenvalue weighted by Gasteiger charge is 2.23. The molecule has 8 heteroatoms. The van der Waals surface area contributed by atoms with Crippen molar-refractivity contribution in [2.75, 3.05) is 0 Å². The molecule has 0 heterocycles. The number of aromatic hydroxyl groups is 1. The molecule has 116 valence electrons. The van der Waals surface area contributed by atoms with Gasteiger partial charge in [-0.15, -0.1) is 0 Å². The Morgan fingerprint density at radius 1 is 1.30 bits per heavy atom. The summed E-state index contributed by atoms with van der Waals surface area (Å²) in [7, 11) is 0. The van der Waals surface area contributed by atoms with Crippen molar-refractivity contribution in [1.29, 1.82) is 0 Å². The van der Waals surface area contributed by atoms with Gasteiger partial charge < -0.3 is 16.6 Å². The smallest absolute Gasteiger partial charge is 0.283 e. The number of rotatable bonds is 2. The molecular weight excluding hydrogens is 323 g/mol. The topological polar surface area (TPSA) is 106 Å². The van der Waals surface area contributed by atoms with E-state index in [4.69, 9.17) is 29.6 Å². The zero-order valence-electron chi connectivity index (χ0n) is 11.5. The molecule has 2 aromatic rings. The third kappa shape index (κ3) is 3.22. The number of hydrogen-bond donors (Lipinski definition) is 3. The maximum Gasteiger partial charge on any atom is 0.283 e. The standard InChI is InChI=1S/C15H10ClFN4O2/c1-20-10-4-5-11(22)13(14(23)21-15(18)19)12(10)8-6-7(16)2-3-9(8)17/h2-6,22H,(H4,18,19,21,23). The molecular formula is C15H10ClFN4O2. The number of guanidine groups is 1. The average molecular weight is 333 g/mol. The summed E-state index contributed by atoms with van der Waals surface area (Å²) in [6.07, 6.45) is 0. The lowest BCUT2D eigenvalue weighted by atomic mass is 9.96. The van der Waals surface area contributed by atoms with E-state index in [2.05, 4.69) is 9.84 Å². The highest BCUT2D eigenvalue weighted by molar-refractivity contribution is 6.31. The van der Waals surface area contributed by atoms with Crippen molar-refractivity contribution in [3.63, 3.8) is 0 Å². The molecule has 23 heavy (non-hydrogen) atoms. The molecule has 0 radical (unpaired) electrons. The number of carbonyl (C=O) groups is 1. The summed E-state index contributed by atoms with van der Waals surface area (Å²) in [5.41, 5.74) is 9.64. The number of nitrogens with zero attached hydrogens (tertiary/aromatic N) is 2. The predicted molar refractivity (Wildman–Crippen MR) is 84.9 cm³/mol. The second-order valence-corrected chi connectivity index (χ2v) is 4.87. The van der Waals surface area contributed by atoms with E-state index in [0.29, 0.717) is 0 Å². The first-order valence-electron chi connectivity index (χ1n) is 6.18. The highest BCUT2D eigenvalue weighted by Crippen LogP contribution is 2.40. The number of aliphatic imine (C=N–C) groups is 1. The van der Waals surface area contributed by atoms with Gasteiger partial charge in [0.05, 0.1) is 12.1 Å². The second kappa shape index (κ2) is 6.34. The number of hydrogen-bond acceptors (Lipinski definition) is 2. The summed E-state index contributed by atoms with van der Waals surface area (Å²) in [4.78, 5) is 18.8. The molecule has 0 aromatic heterocycles. The molecule has 0 aliphatic heterocycles. The first-order valence-corrected chi connectivity index (χ1v) is 6.55. The number of phenols is 1. The molecule has 6 nitrogen and oxygen atoms in total. The van der Waals surface area contributed by atoms with Gasteiger partial charge in [0, 0.05) is 16.1 Å². The lowest BCUT2D eigenvalue weighted by molar-refractivity contribution is 0.100. The molecule has 5 N–H and O–H groups in total. The molecule has 0 aliphatic rings. The highest BCUT2D eigenvalue weighted by atomic mass is 35.5. The van der Waals surface area contributed by atoms with Crippen molar-refractivity contribution in [3.05, 3.63) is 58.2 Å². The molecule has 1 amide bonds. The van der Waals surface area contributed by atoms with Gasteiger partial charge in [-0.1, -0.05) is 17.7 Å². The Balaban J connectivity index is 2.88. The summed E-state index contributed by atoms with van der Waals surface area (Å²) < 4.78 is 14.2. The van der Waals surface area contributed by atoms with Crippen molar-refractivity contribution in [2.45, 2.75) is 0 Å². The normalized spacial score (nSPS) is 9.96. The molecule has 2 aromatic carbocycles. The third-order valence-corrected chi connectivity index (χ3v) is 3.16. The molecule has 0 bridgehead atoms. The van der Waals surface area contributed by atoms with Gasteiger partial charge in [0.1, 0.15) is 11.6 Å². The Hall–Kier alpha value is -3.11. The minimum Gasteiger partial charge on any atom is -0.507 e. The van der Waals surface area contributed by atoms with E-state index in [1.165, 1.54) is 18.2 Å². The summed E-state index contributed by atoms with van der Waals surface area (Å²) in [6, 6.07) is 6.04. The summed E-state index contributed by atoms with van der Waals surface area (Å²) >= 11 is 5.86. The first-order chi connectivity index (χ1) is 10.8. The van der Waals surface area contributed by atoms with Gasteiger partial charge in [-0.25, -0.2) is 9.24 Å². The van der Waals surface area contributed by atoms with E-state index >= 15 is 0 Å². The van der Waals surface area contributed by atoms with Crippen LogP contribution in [0.25, 0.3) is 16.0 Å². The van der Waals surface area contributed by atoms with E-state index in [9.17, 15) is 14.3 Å². The van der Waals surface area contributed by atoms with E-state index in [1.807, 2.05) is 0 Å². The Morgan fingerprint density at radius 3 is 2.61 bits per heavy atom. The van der Waals surface area contributed by atoms with Crippen LogP contribution in [0, 0.1) is 12.4 Å². The number of phenolic OH excluding ortho intramolecular Hbond substituents is 1. The van der Waals surface area contributed by atoms with E-state index in [1.54, 1.807) is 0 Å². The van der Waals surface area contributed by atoms with Crippen LogP contribution in [-0.4, -0.2) is 17.0 Å². The Bertz CT molecular complexity index is 871. The Morgan fingerprint density at radius 2 is 2.00 bits per heavy atom. The molecule has 0 spiro atoms. The predicted octanol–water partition coefficient (Wildman–Crippen LogP) is 2.82. The lowest BCUT2D eigenvalue weighted by Gasteiger charge is -2.12. The van der Waals surface area contributed by atoms with Gasteiger partial charge in [0.25, 0.3) is 5.91 Å². The number of halogens is 2. The molecule has 0 fully saturated rings. The van der Waals surface area contributed by atoms with Crippen LogP contribution < -0.4 is 11.5 Å². The zero-order chi connectivity index (χ0) is 17.1. The van der Waals surface area contributed by atoms with Crippen LogP contribution in [0.3, 0.4) is 0 Å².